The molecule has 0 atom stereocenters. The monoisotopic (exact) mass is 322 g/mol. The molecule has 102 valence electrons. The summed E-state index contributed by atoms with van der Waals surface area (Å²) in [5, 5.41) is 7.14. The number of anilines is 2. The van der Waals surface area contributed by atoms with Crippen molar-refractivity contribution in [3.8, 4) is 0 Å². The van der Waals surface area contributed by atoms with Crippen LogP contribution in [0.25, 0.3) is 0 Å². The lowest BCUT2D eigenvalue weighted by atomic mass is 10.3. The third kappa shape index (κ3) is 2.91. The van der Waals surface area contributed by atoms with Gasteiger partial charge in [-0.1, -0.05) is 28.3 Å². The molecular formula is C9H8Cl2N4O3S. The lowest BCUT2D eigenvalue weighted by molar-refractivity contribution is 0.534. The van der Waals surface area contributed by atoms with Crippen molar-refractivity contribution in [2.75, 3.05) is 10.5 Å². The number of sulfonamides is 1. The number of aromatic nitrogens is 2. The average molecular weight is 323 g/mol. The Kier molecular flexibility index (Phi) is 3.57. The lowest BCUT2D eigenvalue weighted by Gasteiger charge is -2.09. The molecule has 0 bridgehead atoms. The molecule has 2 rings (SSSR count). The molecule has 19 heavy (non-hydrogen) atoms. The molecule has 10 heteroatoms. The zero-order valence-corrected chi connectivity index (χ0v) is 11.8. The summed E-state index contributed by atoms with van der Waals surface area (Å²) in [5.41, 5.74) is 5.53. The Balaban J connectivity index is 2.45. The van der Waals surface area contributed by atoms with Crippen molar-refractivity contribution in [3.05, 3.63) is 28.1 Å². The number of benzene rings is 1. The van der Waals surface area contributed by atoms with Crippen molar-refractivity contribution in [1.29, 1.82) is 0 Å². The van der Waals surface area contributed by atoms with E-state index in [-0.39, 0.29) is 32.5 Å². The Morgan fingerprint density at radius 1 is 1.32 bits per heavy atom. The van der Waals surface area contributed by atoms with Crippen LogP contribution in [0, 0.1) is 6.92 Å². The van der Waals surface area contributed by atoms with Crippen LogP contribution in [-0.2, 0) is 10.0 Å². The Morgan fingerprint density at radius 2 is 2.00 bits per heavy atom. The predicted octanol–water partition coefficient (Wildman–Crippen LogP) is 2.07. The second-order valence-corrected chi connectivity index (χ2v) is 6.00. The number of hydrogen-bond acceptors (Lipinski definition) is 6. The van der Waals surface area contributed by atoms with E-state index in [4.69, 9.17) is 33.4 Å². The summed E-state index contributed by atoms with van der Waals surface area (Å²) in [6.07, 6.45) is 0. The van der Waals surface area contributed by atoms with Crippen LogP contribution in [0.2, 0.25) is 10.0 Å². The molecule has 1 heterocycles. The fourth-order valence-corrected chi connectivity index (χ4v) is 3.28. The van der Waals surface area contributed by atoms with Crippen LogP contribution in [0.3, 0.4) is 0 Å². The first kappa shape index (κ1) is 13.9. The van der Waals surface area contributed by atoms with Gasteiger partial charge in [0.2, 0.25) is 5.89 Å². The number of nitrogens with one attached hydrogen (secondary N) is 1. The molecule has 0 unspecified atom stereocenters. The predicted molar refractivity (Wildman–Crippen MR) is 70.7 cm³/mol. The van der Waals surface area contributed by atoms with E-state index in [9.17, 15) is 8.42 Å². The van der Waals surface area contributed by atoms with Gasteiger partial charge < -0.3 is 10.2 Å². The third-order valence-corrected chi connectivity index (χ3v) is 4.12. The van der Waals surface area contributed by atoms with Crippen LogP contribution < -0.4 is 10.5 Å². The van der Waals surface area contributed by atoms with E-state index in [2.05, 4.69) is 14.9 Å². The van der Waals surface area contributed by atoms with Crippen molar-refractivity contribution >= 4 is 44.9 Å². The maximum Gasteiger partial charge on any atom is 0.329 e. The number of nitrogen functional groups attached to an aromatic ring is 1. The maximum atomic E-state index is 12.1. The van der Waals surface area contributed by atoms with Crippen LogP contribution in [0.4, 0.5) is 11.7 Å². The Bertz CT molecular complexity index is 706. The number of nitrogens with two attached hydrogens (primary N) is 1. The summed E-state index contributed by atoms with van der Waals surface area (Å²) in [4.78, 5) is -0.297. The third-order valence-electron chi connectivity index (χ3n) is 2.05. The molecule has 0 aliphatic heterocycles. The van der Waals surface area contributed by atoms with Gasteiger partial charge in [-0.25, -0.2) is 13.1 Å². The van der Waals surface area contributed by atoms with E-state index in [0.717, 1.165) is 0 Å². The molecule has 0 saturated carbocycles. The van der Waals surface area contributed by atoms with E-state index in [1.807, 2.05) is 0 Å². The number of hydrogen-bond donors (Lipinski definition) is 2. The maximum absolute atomic E-state index is 12.1. The van der Waals surface area contributed by atoms with Gasteiger partial charge >= 0.3 is 6.01 Å². The molecule has 1 aromatic heterocycles. The zero-order valence-electron chi connectivity index (χ0n) is 9.52. The van der Waals surface area contributed by atoms with Gasteiger partial charge in [-0.05, 0) is 12.1 Å². The zero-order chi connectivity index (χ0) is 14.2. The van der Waals surface area contributed by atoms with Crippen LogP contribution in [-0.4, -0.2) is 18.6 Å². The fraction of sp³-hybridized carbons (Fsp3) is 0.111. The number of nitrogens with zero attached hydrogens (tertiary/aromatic N) is 2. The highest BCUT2D eigenvalue weighted by Gasteiger charge is 2.24. The summed E-state index contributed by atoms with van der Waals surface area (Å²) in [6, 6.07) is 2.27. The smallest absolute Gasteiger partial charge is 0.329 e. The molecule has 2 aromatic rings. The van der Waals surface area contributed by atoms with E-state index < -0.39 is 10.0 Å². The fourth-order valence-electron chi connectivity index (χ4n) is 1.37. The Morgan fingerprint density at radius 3 is 2.53 bits per heavy atom. The van der Waals surface area contributed by atoms with Crippen molar-refractivity contribution in [2.24, 2.45) is 0 Å². The minimum Gasteiger partial charge on any atom is -0.408 e. The molecule has 0 saturated heterocycles. The number of aryl methyl sites for hydroxylation is 1. The van der Waals surface area contributed by atoms with Gasteiger partial charge in [0.15, 0.2) is 0 Å². The van der Waals surface area contributed by atoms with Gasteiger partial charge in [0.25, 0.3) is 10.0 Å². The van der Waals surface area contributed by atoms with Crippen molar-refractivity contribution < 1.29 is 12.8 Å². The molecule has 0 aliphatic carbocycles. The molecule has 0 radical (unpaired) electrons. The highest BCUT2D eigenvalue weighted by atomic mass is 35.5. The Labute approximate surface area is 118 Å². The quantitative estimate of drug-likeness (QED) is 0.836. The first-order valence-corrected chi connectivity index (χ1v) is 7.11. The van der Waals surface area contributed by atoms with Crippen molar-refractivity contribution in [1.82, 2.24) is 10.2 Å². The molecule has 3 N–H and O–H groups in total. The number of rotatable bonds is 3. The van der Waals surface area contributed by atoms with Gasteiger partial charge in [0.05, 0.1) is 10.7 Å². The molecule has 0 aliphatic rings. The number of halogens is 2. The van der Waals surface area contributed by atoms with E-state index in [0.29, 0.717) is 0 Å². The van der Waals surface area contributed by atoms with Crippen LogP contribution >= 0.6 is 23.2 Å². The molecular weight excluding hydrogens is 315 g/mol. The molecule has 0 fully saturated rings. The SMILES string of the molecule is Cc1nnc(NS(=O)(=O)c2c(N)cc(Cl)cc2Cl)o1. The van der Waals surface area contributed by atoms with Crippen LogP contribution in [0.15, 0.2) is 21.4 Å². The first-order valence-electron chi connectivity index (χ1n) is 4.87. The molecule has 7 nitrogen and oxygen atoms in total. The summed E-state index contributed by atoms with van der Waals surface area (Å²) < 4.78 is 31.2. The highest BCUT2D eigenvalue weighted by Crippen LogP contribution is 2.32. The standard InChI is InChI=1S/C9H8Cl2N4O3S/c1-4-13-14-9(18-4)15-19(16,17)8-6(11)2-5(10)3-7(8)12/h2-3H,12H2,1H3,(H,14,15). The highest BCUT2D eigenvalue weighted by molar-refractivity contribution is 7.93. The van der Waals surface area contributed by atoms with Crippen molar-refractivity contribution in [3.63, 3.8) is 0 Å². The summed E-state index contributed by atoms with van der Waals surface area (Å²) in [5.74, 6) is 0.216. The average Bonchev–Trinajstić information content (AvgIpc) is 2.60. The topological polar surface area (TPSA) is 111 Å². The molecule has 0 spiro atoms. The van der Waals surface area contributed by atoms with E-state index in [1.54, 1.807) is 0 Å². The summed E-state index contributed by atoms with van der Waals surface area (Å²) in [7, 11) is -4.04. The largest absolute Gasteiger partial charge is 0.408 e. The Hall–Kier alpha value is -1.51. The summed E-state index contributed by atoms with van der Waals surface area (Å²) in [6.45, 7) is 1.52. The molecule has 1 aromatic carbocycles. The van der Waals surface area contributed by atoms with Crippen molar-refractivity contribution in [2.45, 2.75) is 11.8 Å². The van der Waals surface area contributed by atoms with Gasteiger partial charge in [0, 0.05) is 11.9 Å². The van der Waals surface area contributed by atoms with E-state index in [1.165, 1.54) is 19.1 Å². The van der Waals surface area contributed by atoms with Crippen LogP contribution in [0.1, 0.15) is 5.89 Å². The van der Waals surface area contributed by atoms with E-state index >= 15 is 0 Å². The van der Waals surface area contributed by atoms with Crippen LogP contribution in [0.5, 0.6) is 0 Å². The first-order chi connectivity index (χ1) is 8.79. The second kappa shape index (κ2) is 4.87. The van der Waals surface area contributed by atoms with Gasteiger partial charge in [0.1, 0.15) is 4.90 Å². The van der Waals surface area contributed by atoms with Gasteiger partial charge in [-0.2, -0.15) is 0 Å². The van der Waals surface area contributed by atoms with Gasteiger partial charge in [-0.15, -0.1) is 5.10 Å². The minimum absolute atomic E-state index is 0.0822. The molecule has 0 amide bonds. The summed E-state index contributed by atoms with van der Waals surface area (Å²) >= 11 is 11.6. The minimum atomic E-state index is -4.04. The lowest BCUT2D eigenvalue weighted by Crippen LogP contribution is -2.15. The normalized spacial score (nSPS) is 11.5. The van der Waals surface area contributed by atoms with Gasteiger partial charge in [-0.3, -0.25) is 0 Å². The second-order valence-electron chi connectivity index (χ2n) is 3.54.